The molecular formula is C8H17NS. The summed E-state index contributed by atoms with van der Waals surface area (Å²) in [5, 5.41) is 0. The van der Waals surface area contributed by atoms with E-state index in [9.17, 15) is 0 Å². The average molecular weight is 159 g/mol. The SMILES string of the molecule is CC[C@H](N)C(=S)CC(C)C. The maximum atomic E-state index is 5.72. The van der Waals surface area contributed by atoms with Gasteiger partial charge in [-0.25, -0.2) is 0 Å². The van der Waals surface area contributed by atoms with Gasteiger partial charge in [-0.1, -0.05) is 33.0 Å². The summed E-state index contributed by atoms with van der Waals surface area (Å²) in [4.78, 5) is 1.03. The predicted molar refractivity (Wildman–Crippen MR) is 50.3 cm³/mol. The Morgan fingerprint density at radius 1 is 1.50 bits per heavy atom. The van der Waals surface area contributed by atoms with Crippen molar-refractivity contribution in [3.05, 3.63) is 0 Å². The van der Waals surface area contributed by atoms with Crippen LogP contribution in [-0.2, 0) is 0 Å². The summed E-state index contributed by atoms with van der Waals surface area (Å²) in [6.07, 6.45) is 1.95. The maximum Gasteiger partial charge on any atom is 0.0356 e. The highest BCUT2D eigenvalue weighted by Gasteiger charge is 2.07. The highest BCUT2D eigenvalue weighted by atomic mass is 32.1. The summed E-state index contributed by atoms with van der Waals surface area (Å²) >= 11 is 5.13. The lowest BCUT2D eigenvalue weighted by Gasteiger charge is -2.11. The van der Waals surface area contributed by atoms with E-state index < -0.39 is 0 Å². The van der Waals surface area contributed by atoms with Crippen molar-refractivity contribution in [2.75, 3.05) is 0 Å². The van der Waals surface area contributed by atoms with Crippen LogP contribution in [-0.4, -0.2) is 10.9 Å². The van der Waals surface area contributed by atoms with Gasteiger partial charge in [-0.3, -0.25) is 0 Å². The van der Waals surface area contributed by atoms with Gasteiger partial charge >= 0.3 is 0 Å². The molecule has 0 aliphatic carbocycles. The molecule has 2 heteroatoms. The van der Waals surface area contributed by atoms with Crippen LogP contribution in [0.1, 0.15) is 33.6 Å². The number of hydrogen-bond acceptors (Lipinski definition) is 2. The van der Waals surface area contributed by atoms with Gasteiger partial charge in [0, 0.05) is 10.9 Å². The van der Waals surface area contributed by atoms with Gasteiger partial charge < -0.3 is 5.73 Å². The van der Waals surface area contributed by atoms with E-state index in [2.05, 4.69) is 20.8 Å². The fraction of sp³-hybridized carbons (Fsp3) is 0.875. The normalized spacial score (nSPS) is 13.7. The summed E-state index contributed by atoms with van der Waals surface area (Å²) < 4.78 is 0. The molecule has 0 aliphatic heterocycles. The summed E-state index contributed by atoms with van der Waals surface area (Å²) in [6.45, 7) is 6.39. The highest BCUT2D eigenvalue weighted by Crippen LogP contribution is 2.05. The second kappa shape index (κ2) is 4.80. The molecule has 0 spiro atoms. The maximum absolute atomic E-state index is 5.72. The van der Waals surface area contributed by atoms with Crippen molar-refractivity contribution < 1.29 is 0 Å². The minimum Gasteiger partial charge on any atom is -0.324 e. The molecule has 0 fully saturated rings. The van der Waals surface area contributed by atoms with Gasteiger partial charge in [0.2, 0.25) is 0 Å². The third-order valence-electron chi connectivity index (χ3n) is 1.46. The smallest absolute Gasteiger partial charge is 0.0356 e. The summed E-state index contributed by atoms with van der Waals surface area (Å²) in [5.74, 6) is 0.644. The van der Waals surface area contributed by atoms with E-state index >= 15 is 0 Å². The summed E-state index contributed by atoms with van der Waals surface area (Å²) in [5.41, 5.74) is 5.72. The number of thiocarbonyl (C=S) groups is 1. The lowest BCUT2D eigenvalue weighted by atomic mass is 10.0. The lowest BCUT2D eigenvalue weighted by molar-refractivity contribution is 0.667. The second-order valence-electron chi connectivity index (χ2n) is 3.08. The van der Waals surface area contributed by atoms with Crippen molar-refractivity contribution >= 4 is 17.1 Å². The summed E-state index contributed by atoms with van der Waals surface area (Å²) in [7, 11) is 0. The molecule has 2 N–H and O–H groups in total. The zero-order valence-electron chi connectivity index (χ0n) is 7.05. The largest absolute Gasteiger partial charge is 0.324 e. The van der Waals surface area contributed by atoms with E-state index in [1.807, 2.05) is 0 Å². The first kappa shape index (κ1) is 10.0. The Balaban J connectivity index is 3.62. The first-order valence-corrected chi connectivity index (χ1v) is 4.27. The van der Waals surface area contributed by atoms with Gasteiger partial charge in [-0.2, -0.15) is 0 Å². The highest BCUT2D eigenvalue weighted by molar-refractivity contribution is 7.80. The molecule has 0 bridgehead atoms. The molecule has 0 amide bonds. The zero-order valence-corrected chi connectivity index (χ0v) is 7.87. The van der Waals surface area contributed by atoms with Gasteiger partial charge in [0.25, 0.3) is 0 Å². The topological polar surface area (TPSA) is 26.0 Å². The van der Waals surface area contributed by atoms with Crippen LogP contribution >= 0.6 is 12.2 Å². The van der Waals surface area contributed by atoms with Gasteiger partial charge in [-0.05, 0) is 18.8 Å². The van der Waals surface area contributed by atoms with Crippen molar-refractivity contribution in [3.63, 3.8) is 0 Å². The van der Waals surface area contributed by atoms with Crippen LogP contribution in [0.5, 0.6) is 0 Å². The predicted octanol–water partition coefficient (Wildman–Crippen LogP) is 2.14. The Labute approximate surface area is 69.0 Å². The molecule has 0 saturated carbocycles. The second-order valence-corrected chi connectivity index (χ2v) is 3.60. The molecule has 0 unspecified atom stereocenters. The van der Waals surface area contributed by atoms with Crippen LogP contribution in [0.25, 0.3) is 0 Å². The minimum absolute atomic E-state index is 0.136. The van der Waals surface area contributed by atoms with Crippen LogP contribution in [0.15, 0.2) is 0 Å². The fourth-order valence-electron chi connectivity index (χ4n) is 0.781. The van der Waals surface area contributed by atoms with Crippen LogP contribution in [0.3, 0.4) is 0 Å². The molecule has 0 rings (SSSR count). The summed E-state index contributed by atoms with van der Waals surface area (Å²) in [6, 6.07) is 0.136. The molecule has 0 heterocycles. The van der Waals surface area contributed by atoms with E-state index in [1.165, 1.54) is 0 Å². The van der Waals surface area contributed by atoms with E-state index in [-0.39, 0.29) is 6.04 Å². The van der Waals surface area contributed by atoms with E-state index in [0.717, 1.165) is 17.7 Å². The van der Waals surface area contributed by atoms with Gasteiger partial charge in [-0.15, -0.1) is 0 Å². The van der Waals surface area contributed by atoms with Crippen molar-refractivity contribution in [1.29, 1.82) is 0 Å². The van der Waals surface area contributed by atoms with Gasteiger partial charge in [0.15, 0.2) is 0 Å². The van der Waals surface area contributed by atoms with Gasteiger partial charge in [0.1, 0.15) is 0 Å². The van der Waals surface area contributed by atoms with Crippen LogP contribution in [0.2, 0.25) is 0 Å². The van der Waals surface area contributed by atoms with Crippen LogP contribution < -0.4 is 5.73 Å². The monoisotopic (exact) mass is 159 g/mol. The molecule has 0 radical (unpaired) electrons. The lowest BCUT2D eigenvalue weighted by Crippen LogP contribution is -2.28. The number of nitrogens with two attached hydrogens (primary N) is 1. The first-order valence-electron chi connectivity index (χ1n) is 3.86. The third kappa shape index (κ3) is 3.96. The molecule has 1 nitrogen and oxygen atoms in total. The van der Waals surface area contributed by atoms with Crippen molar-refractivity contribution in [3.8, 4) is 0 Å². The molecule has 0 aromatic carbocycles. The molecule has 10 heavy (non-hydrogen) atoms. The fourth-order valence-corrected chi connectivity index (χ4v) is 1.28. The Morgan fingerprint density at radius 3 is 2.30 bits per heavy atom. The first-order chi connectivity index (χ1) is 4.57. The molecule has 0 aliphatic rings. The quantitative estimate of drug-likeness (QED) is 0.636. The van der Waals surface area contributed by atoms with E-state index in [1.54, 1.807) is 0 Å². The Morgan fingerprint density at radius 2 is 2.00 bits per heavy atom. The third-order valence-corrected chi connectivity index (χ3v) is 1.93. The van der Waals surface area contributed by atoms with E-state index in [0.29, 0.717) is 5.92 Å². The molecular weight excluding hydrogens is 142 g/mol. The van der Waals surface area contributed by atoms with Crippen LogP contribution in [0.4, 0.5) is 0 Å². The van der Waals surface area contributed by atoms with Gasteiger partial charge in [0.05, 0.1) is 0 Å². The van der Waals surface area contributed by atoms with Crippen molar-refractivity contribution in [2.24, 2.45) is 11.7 Å². The van der Waals surface area contributed by atoms with Crippen LogP contribution in [0, 0.1) is 5.92 Å². The average Bonchev–Trinajstić information content (AvgIpc) is 1.85. The van der Waals surface area contributed by atoms with E-state index in [4.69, 9.17) is 18.0 Å². The zero-order chi connectivity index (χ0) is 8.15. The molecule has 1 atom stereocenters. The number of rotatable bonds is 4. The Bertz CT molecular complexity index is 110. The molecule has 0 aromatic rings. The Hall–Kier alpha value is 0.0500. The standard InChI is InChI=1S/C8H17NS/c1-4-7(9)8(10)5-6(2)3/h6-7H,4-5,9H2,1-3H3/t7-/m0/s1. The number of hydrogen-bond donors (Lipinski definition) is 1. The molecule has 0 saturated heterocycles. The minimum atomic E-state index is 0.136. The molecule has 60 valence electrons. The Kier molecular flexibility index (Phi) is 4.83. The van der Waals surface area contributed by atoms with Crippen molar-refractivity contribution in [2.45, 2.75) is 39.7 Å². The van der Waals surface area contributed by atoms with Crippen molar-refractivity contribution in [1.82, 2.24) is 0 Å². The molecule has 0 aromatic heterocycles.